The Morgan fingerprint density at radius 1 is 1.16 bits per heavy atom. The van der Waals surface area contributed by atoms with E-state index in [0.29, 0.717) is 52.4 Å². The predicted molar refractivity (Wildman–Crippen MR) is 116 cm³/mol. The molecule has 0 bridgehead atoms. The third-order valence-electron chi connectivity index (χ3n) is 5.40. The molecule has 9 heteroatoms. The molecule has 1 aromatic heterocycles. The zero-order chi connectivity index (χ0) is 21.4. The predicted octanol–water partition coefficient (Wildman–Crippen LogP) is 3.87. The number of thiazole rings is 1. The fourth-order valence-electron chi connectivity index (χ4n) is 3.81. The van der Waals surface area contributed by atoms with Crippen LogP contribution in [-0.2, 0) is 4.74 Å². The van der Waals surface area contributed by atoms with Crippen molar-refractivity contribution in [1.82, 2.24) is 4.98 Å². The number of ether oxygens (including phenoxy) is 5. The van der Waals surface area contributed by atoms with Crippen LogP contribution in [0.3, 0.4) is 0 Å². The van der Waals surface area contributed by atoms with Gasteiger partial charge in [0.1, 0.15) is 21.7 Å². The van der Waals surface area contributed by atoms with E-state index in [1.54, 1.807) is 37.3 Å². The molecule has 0 saturated carbocycles. The zero-order valence-corrected chi connectivity index (χ0v) is 18.1. The molecule has 0 N–H and O–H groups in total. The second-order valence-corrected chi connectivity index (χ2v) is 8.24. The molecule has 3 aromatic rings. The number of aromatic nitrogens is 1. The van der Waals surface area contributed by atoms with Crippen LogP contribution in [0.1, 0.15) is 23.2 Å². The highest BCUT2D eigenvalue weighted by Gasteiger charge is 2.29. The van der Waals surface area contributed by atoms with Gasteiger partial charge in [-0.2, -0.15) is 0 Å². The quantitative estimate of drug-likeness (QED) is 0.573. The van der Waals surface area contributed by atoms with Gasteiger partial charge in [0.15, 0.2) is 16.6 Å². The molecule has 2 aliphatic heterocycles. The lowest BCUT2D eigenvalue weighted by molar-refractivity contribution is 0.0917. The molecule has 1 fully saturated rings. The van der Waals surface area contributed by atoms with Crippen molar-refractivity contribution in [1.29, 1.82) is 0 Å². The Morgan fingerprint density at radius 2 is 1.97 bits per heavy atom. The number of carbonyl (C=O) groups is 1. The van der Waals surface area contributed by atoms with E-state index in [9.17, 15) is 4.79 Å². The van der Waals surface area contributed by atoms with Gasteiger partial charge in [0.05, 0.1) is 26.9 Å². The number of hydrogen-bond donors (Lipinski definition) is 0. The molecule has 1 saturated heterocycles. The Labute approximate surface area is 183 Å². The van der Waals surface area contributed by atoms with Crippen molar-refractivity contribution in [3.8, 4) is 23.0 Å². The van der Waals surface area contributed by atoms with Crippen molar-refractivity contribution in [2.24, 2.45) is 0 Å². The summed E-state index contributed by atoms with van der Waals surface area (Å²) in [5.74, 6) is 2.34. The molecule has 1 unspecified atom stereocenters. The third-order valence-corrected chi connectivity index (χ3v) is 6.50. The summed E-state index contributed by atoms with van der Waals surface area (Å²) in [7, 11) is 3.21. The largest absolute Gasteiger partial charge is 0.495 e. The summed E-state index contributed by atoms with van der Waals surface area (Å²) in [5, 5.41) is 0.566. The van der Waals surface area contributed by atoms with E-state index < -0.39 is 0 Å². The van der Waals surface area contributed by atoms with E-state index in [-0.39, 0.29) is 18.8 Å². The van der Waals surface area contributed by atoms with Crippen LogP contribution in [0.25, 0.3) is 10.2 Å². The summed E-state index contributed by atoms with van der Waals surface area (Å²) in [6.07, 6.45) is 1.86. The highest BCUT2D eigenvalue weighted by molar-refractivity contribution is 7.22. The first-order valence-corrected chi connectivity index (χ1v) is 10.8. The van der Waals surface area contributed by atoms with Crippen LogP contribution < -0.4 is 23.8 Å². The summed E-state index contributed by atoms with van der Waals surface area (Å²) < 4.78 is 28.5. The Hall–Kier alpha value is -3.04. The average Bonchev–Trinajstić information content (AvgIpc) is 3.56. The Morgan fingerprint density at radius 3 is 2.74 bits per heavy atom. The number of nitrogens with zero attached hydrogens (tertiary/aromatic N) is 2. The van der Waals surface area contributed by atoms with Gasteiger partial charge in [0, 0.05) is 12.2 Å². The number of benzene rings is 2. The molecule has 2 aromatic carbocycles. The number of anilines is 1. The number of amides is 1. The number of hydrogen-bond acceptors (Lipinski definition) is 8. The van der Waals surface area contributed by atoms with Crippen LogP contribution in [0.4, 0.5) is 5.13 Å². The smallest absolute Gasteiger partial charge is 0.260 e. The van der Waals surface area contributed by atoms with Gasteiger partial charge in [-0.1, -0.05) is 11.3 Å². The number of fused-ring (bicyclic) bond motifs is 2. The topological polar surface area (TPSA) is 79.4 Å². The highest BCUT2D eigenvalue weighted by atomic mass is 32.1. The lowest BCUT2D eigenvalue weighted by Crippen LogP contribution is -2.37. The Bertz CT molecular complexity index is 1080. The summed E-state index contributed by atoms with van der Waals surface area (Å²) in [6, 6.07) is 8.86. The van der Waals surface area contributed by atoms with Crippen LogP contribution in [0, 0.1) is 0 Å². The zero-order valence-electron chi connectivity index (χ0n) is 17.3. The molecule has 8 nitrogen and oxygen atoms in total. The molecule has 3 heterocycles. The van der Waals surface area contributed by atoms with Crippen molar-refractivity contribution < 1.29 is 28.5 Å². The second kappa shape index (κ2) is 8.24. The first kappa shape index (κ1) is 19.9. The molecule has 0 aliphatic carbocycles. The molecule has 31 heavy (non-hydrogen) atoms. The summed E-state index contributed by atoms with van der Waals surface area (Å²) in [4.78, 5) is 20.0. The minimum absolute atomic E-state index is 0.0336. The van der Waals surface area contributed by atoms with E-state index >= 15 is 0 Å². The first-order chi connectivity index (χ1) is 15.2. The van der Waals surface area contributed by atoms with Crippen LogP contribution in [0.2, 0.25) is 0 Å². The van der Waals surface area contributed by atoms with Crippen molar-refractivity contribution >= 4 is 32.6 Å². The molecule has 162 valence electrons. The molecular formula is C22H22N2O6S. The highest BCUT2D eigenvalue weighted by Crippen LogP contribution is 2.41. The minimum Gasteiger partial charge on any atom is -0.495 e. The van der Waals surface area contributed by atoms with E-state index in [4.69, 9.17) is 28.7 Å². The number of methoxy groups -OCH3 is 2. The van der Waals surface area contributed by atoms with Crippen molar-refractivity contribution in [3.63, 3.8) is 0 Å². The summed E-state index contributed by atoms with van der Waals surface area (Å²) in [6.45, 7) is 1.28. The maximum Gasteiger partial charge on any atom is 0.260 e. The molecule has 0 radical (unpaired) electrons. The molecular weight excluding hydrogens is 420 g/mol. The first-order valence-electron chi connectivity index (χ1n) is 10.0. The van der Waals surface area contributed by atoms with E-state index in [0.717, 1.165) is 17.5 Å². The van der Waals surface area contributed by atoms with E-state index in [1.165, 1.54) is 11.3 Å². The van der Waals surface area contributed by atoms with Gasteiger partial charge in [-0.05, 0) is 43.2 Å². The lowest BCUT2D eigenvalue weighted by atomic mass is 10.1. The van der Waals surface area contributed by atoms with E-state index in [1.807, 2.05) is 12.1 Å². The normalized spacial score (nSPS) is 17.2. The van der Waals surface area contributed by atoms with Gasteiger partial charge >= 0.3 is 0 Å². The molecule has 5 rings (SSSR count). The Balaban J connectivity index is 1.56. The maximum atomic E-state index is 13.6. The Kier molecular flexibility index (Phi) is 5.29. The minimum atomic E-state index is -0.175. The molecule has 0 spiro atoms. The maximum absolute atomic E-state index is 13.6. The van der Waals surface area contributed by atoms with Crippen molar-refractivity contribution in [2.45, 2.75) is 18.9 Å². The van der Waals surface area contributed by atoms with Gasteiger partial charge in [0.2, 0.25) is 6.79 Å². The monoisotopic (exact) mass is 442 g/mol. The van der Waals surface area contributed by atoms with Crippen LogP contribution in [-0.4, -0.2) is 51.2 Å². The molecule has 1 atom stereocenters. The van der Waals surface area contributed by atoms with Crippen LogP contribution in [0.15, 0.2) is 30.3 Å². The SMILES string of the molecule is COc1ccc(OC)c2sc(N(CC3CCCO3)C(=O)c3ccc4c(c3)OCO4)nc12. The van der Waals surface area contributed by atoms with Crippen molar-refractivity contribution in [2.75, 3.05) is 39.1 Å². The van der Waals surface area contributed by atoms with Crippen LogP contribution in [0.5, 0.6) is 23.0 Å². The lowest BCUT2D eigenvalue weighted by Gasteiger charge is -2.23. The average molecular weight is 442 g/mol. The van der Waals surface area contributed by atoms with Gasteiger partial charge in [0.25, 0.3) is 5.91 Å². The van der Waals surface area contributed by atoms with E-state index in [2.05, 4.69) is 0 Å². The standard InChI is InChI=1S/C22H22N2O6S/c1-26-16-7-8-17(27-2)20-19(16)23-22(31-20)24(11-14-4-3-9-28-14)21(25)13-5-6-15-18(10-13)30-12-29-15/h5-8,10,14H,3-4,9,11-12H2,1-2H3. The fraction of sp³-hybridized carbons (Fsp3) is 0.364. The third kappa shape index (κ3) is 3.64. The van der Waals surface area contributed by atoms with Gasteiger partial charge in [-0.3, -0.25) is 9.69 Å². The number of carbonyl (C=O) groups excluding carboxylic acids is 1. The molecule has 2 aliphatic rings. The second-order valence-electron chi connectivity index (χ2n) is 7.26. The summed E-state index contributed by atoms with van der Waals surface area (Å²) in [5.41, 5.74) is 1.16. The van der Waals surface area contributed by atoms with Crippen LogP contribution >= 0.6 is 11.3 Å². The summed E-state index contributed by atoms with van der Waals surface area (Å²) >= 11 is 1.40. The van der Waals surface area contributed by atoms with Crippen molar-refractivity contribution in [3.05, 3.63) is 35.9 Å². The molecule has 1 amide bonds. The number of rotatable bonds is 6. The van der Waals surface area contributed by atoms with Gasteiger partial charge in [-0.15, -0.1) is 0 Å². The fourth-order valence-corrected chi connectivity index (χ4v) is 4.90. The van der Waals surface area contributed by atoms with Gasteiger partial charge < -0.3 is 23.7 Å². The van der Waals surface area contributed by atoms with Gasteiger partial charge in [-0.25, -0.2) is 4.98 Å².